The van der Waals surface area contributed by atoms with Crippen LogP contribution in [0.4, 0.5) is 11.4 Å². The van der Waals surface area contributed by atoms with Crippen LogP contribution in [0, 0.1) is 13.8 Å². The van der Waals surface area contributed by atoms with Crippen LogP contribution < -0.4 is 19.5 Å². The molecule has 7 nitrogen and oxygen atoms in total. The van der Waals surface area contributed by atoms with Crippen LogP contribution in [0.1, 0.15) is 18.1 Å². The van der Waals surface area contributed by atoms with Gasteiger partial charge in [0.05, 0.1) is 12.0 Å². The van der Waals surface area contributed by atoms with Crippen molar-refractivity contribution in [1.29, 1.82) is 0 Å². The Morgan fingerprint density at radius 1 is 0.844 bits per heavy atom. The van der Waals surface area contributed by atoms with Crippen molar-refractivity contribution >= 4 is 27.3 Å². The van der Waals surface area contributed by atoms with Gasteiger partial charge in [0, 0.05) is 11.4 Å². The second kappa shape index (κ2) is 9.74. The number of carbonyl (C=O) groups is 1. The second-order valence-corrected chi connectivity index (χ2v) is 9.11. The average Bonchev–Trinajstić information content (AvgIpc) is 2.73. The molecule has 32 heavy (non-hydrogen) atoms. The molecule has 0 saturated carbocycles. The summed E-state index contributed by atoms with van der Waals surface area (Å²) in [7, 11) is -2.23. The fourth-order valence-electron chi connectivity index (χ4n) is 3.09. The summed E-state index contributed by atoms with van der Waals surface area (Å²) >= 11 is 0. The molecule has 168 valence electrons. The molecule has 0 saturated heterocycles. The second-order valence-electron chi connectivity index (χ2n) is 7.43. The van der Waals surface area contributed by atoms with E-state index < -0.39 is 16.1 Å². The van der Waals surface area contributed by atoms with Crippen molar-refractivity contribution in [3.05, 3.63) is 77.9 Å². The van der Waals surface area contributed by atoms with Crippen LogP contribution >= 0.6 is 0 Å². The van der Waals surface area contributed by atoms with Gasteiger partial charge in [0.25, 0.3) is 15.9 Å². The minimum absolute atomic E-state index is 0.0749. The standard InChI is InChI=1S/C24H26N2O5S/c1-16-13-17(2)15-22(14-16)31-18(3)24(27)25-19-7-11-23(12-8-19)32(28,29)26-20-5-9-21(30-4)10-6-20/h5-15,18,26H,1-4H3,(H,25,27)/t18-/m1/s1. The van der Waals surface area contributed by atoms with E-state index in [9.17, 15) is 13.2 Å². The van der Waals surface area contributed by atoms with Crippen LogP contribution in [0.5, 0.6) is 11.5 Å². The van der Waals surface area contributed by atoms with E-state index in [1.165, 1.54) is 31.4 Å². The molecule has 0 unspecified atom stereocenters. The molecule has 2 N–H and O–H groups in total. The number of aryl methyl sites for hydroxylation is 2. The van der Waals surface area contributed by atoms with Gasteiger partial charge in [-0.2, -0.15) is 0 Å². The highest BCUT2D eigenvalue weighted by atomic mass is 32.2. The fourth-order valence-corrected chi connectivity index (χ4v) is 4.15. The molecule has 0 aliphatic carbocycles. The van der Waals surface area contributed by atoms with Crippen molar-refractivity contribution in [3.8, 4) is 11.5 Å². The lowest BCUT2D eigenvalue weighted by Crippen LogP contribution is -2.30. The molecule has 0 bridgehead atoms. The Bertz CT molecular complexity index is 1170. The molecule has 0 spiro atoms. The minimum Gasteiger partial charge on any atom is -0.497 e. The summed E-state index contributed by atoms with van der Waals surface area (Å²) in [5.74, 6) is 0.913. The first-order valence-corrected chi connectivity index (χ1v) is 11.5. The van der Waals surface area contributed by atoms with Gasteiger partial charge in [-0.1, -0.05) is 6.07 Å². The predicted molar refractivity (Wildman–Crippen MR) is 125 cm³/mol. The Morgan fingerprint density at radius 2 is 1.41 bits per heavy atom. The number of ether oxygens (including phenoxy) is 2. The van der Waals surface area contributed by atoms with E-state index in [1.807, 2.05) is 32.0 Å². The van der Waals surface area contributed by atoms with Crippen molar-refractivity contribution in [2.24, 2.45) is 0 Å². The van der Waals surface area contributed by atoms with Crippen LogP contribution in [-0.2, 0) is 14.8 Å². The molecule has 1 amide bonds. The molecule has 1 atom stereocenters. The lowest BCUT2D eigenvalue weighted by atomic mass is 10.1. The molecule has 0 aliphatic heterocycles. The summed E-state index contributed by atoms with van der Waals surface area (Å²) in [6, 6.07) is 18.2. The van der Waals surface area contributed by atoms with Gasteiger partial charge in [0.15, 0.2) is 6.10 Å². The molecular weight excluding hydrogens is 428 g/mol. The number of carbonyl (C=O) groups excluding carboxylic acids is 1. The smallest absolute Gasteiger partial charge is 0.265 e. The third-order valence-electron chi connectivity index (χ3n) is 4.65. The maximum Gasteiger partial charge on any atom is 0.265 e. The highest BCUT2D eigenvalue weighted by molar-refractivity contribution is 7.92. The van der Waals surface area contributed by atoms with Crippen molar-refractivity contribution in [3.63, 3.8) is 0 Å². The number of benzene rings is 3. The van der Waals surface area contributed by atoms with Gasteiger partial charge in [0.1, 0.15) is 11.5 Å². The number of hydrogen-bond donors (Lipinski definition) is 2. The van der Waals surface area contributed by atoms with Crippen molar-refractivity contribution in [1.82, 2.24) is 0 Å². The largest absolute Gasteiger partial charge is 0.497 e. The van der Waals surface area contributed by atoms with Crippen molar-refractivity contribution < 1.29 is 22.7 Å². The highest BCUT2D eigenvalue weighted by Gasteiger charge is 2.17. The lowest BCUT2D eigenvalue weighted by molar-refractivity contribution is -0.122. The van der Waals surface area contributed by atoms with Crippen LogP contribution in [0.25, 0.3) is 0 Å². The summed E-state index contributed by atoms with van der Waals surface area (Å²) in [5, 5.41) is 2.74. The van der Waals surface area contributed by atoms with E-state index in [1.54, 1.807) is 31.2 Å². The van der Waals surface area contributed by atoms with E-state index in [2.05, 4.69) is 10.0 Å². The number of amides is 1. The average molecular weight is 455 g/mol. The van der Waals surface area contributed by atoms with E-state index in [4.69, 9.17) is 9.47 Å². The summed E-state index contributed by atoms with van der Waals surface area (Å²) < 4.78 is 38.5. The van der Waals surface area contributed by atoms with Gasteiger partial charge in [-0.25, -0.2) is 8.42 Å². The van der Waals surface area contributed by atoms with Crippen LogP contribution in [0.15, 0.2) is 71.6 Å². The Hall–Kier alpha value is -3.52. The van der Waals surface area contributed by atoms with Gasteiger partial charge < -0.3 is 14.8 Å². The van der Waals surface area contributed by atoms with Gasteiger partial charge in [0.2, 0.25) is 0 Å². The number of nitrogens with one attached hydrogen (secondary N) is 2. The van der Waals surface area contributed by atoms with Gasteiger partial charge in [-0.15, -0.1) is 0 Å². The number of rotatable bonds is 8. The van der Waals surface area contributed by atoms with E-state index >= 15 is 0 Å². The summed E-state index contributed by atoms with van der Waals surface area (Å²) in [4.78, 5) is 12.6. The number of hydrogen-bond acceptors (Lipinski definition) is 5. The first-order valence-electron chi connectivity index (χ1n) is 9.99. The van der Waals surface area contributed by atoms with Crippen LogP contribution in [0.2, 0.25) is 0 Å². The molecule has 3 aromatic carbocycles. The molecule has 0 fully saturated rings. The van der Waals surface area contributed by atoms with E-state index in [-0.39, 0.29) is 10.8 Å². The van der Waals surface area contributed by atoms with Gasteiger partial charge >= 0.3 is 0 Å². The summed E-state index contributed by atoms with van der Waals surface area (Å²) in [6.07, 6.45) is -0.726. The number of anilines is 2. The Morgan fingerprint density at radius 3 is 1.97 bits per heavy atom. The summed E-state index contributed by atoms with van der Waals surface area (Å²) in [6.45, 7) is 5.58. The Kier molecular flexibility index (Phi) is 7.05. The highest BCUT2D eigenvalue weighted by Crippen LogP contribution is 2.21. The molecule has 0 heterocycles. The van der Waals surface area contributed by atoms with Crippen LogP contribution in [0.3, 0.4) is 0 Å². The third-order valence-corrected chi connectivity index (χ3v) is 6.05. The van der Waals surface area contributed by atoms with Gasteiger partial charge in [-0.3, -0.25) is 9.52 Å². The number of sulfonamides is 1. The predicted octanol–water partition coefficient (Wildman–Crippen LogP) is 4.52. The molecular formula is C24H26N2O5S. The topological polar surface area (TPSA) is 93.7 Å². The molecule has 3 rings (SSSR count). The molecule has 8 heteroatoms. The lowest BCUT2D eigenvalue weighted by Gasteiger charge is -2.16. The van der Waals surface area contributed by atoms with Crippen molar-refractivity contribution in [2.45, 2.75) is 31.8 Å². The van der Waals surface area contributed by atoms with Crippen LogP contribution in [-0.4, -0.2) is 27.5 Å². The Labute approximate surface area is 188 Å². The zero-order chi connectivity index (χ0) is 23.3. The first-order chi connectivity index (χ1) is 15.2. The minimum atomic E-state index is -3.77. The Balaban J connectivity index is 1.63. The zero-order valence-electron chi connectivity index (χ0n) is 18.4. The normalized spacial score (nSPS) is 12.0. The third kappa shape index (κ3) is 6.01. The fraction of sp³-hybridized carbons (Fsp3) is 0.208. The first kappa shape index (κ1) is 23.1. The SMILES string of the molecule is COc1ccc(NS(=O)(=O)c2ccc(NC(=O)[C@@H](C)Oc3cc(C)cc(C)c3)cc2)cc1. The van der Waals surface area contributed by atoms with Gasteiger partial charge in [-0.05, 0) is 92.6 Å². The molecule has 0 aliphatic rings. The zero-order valence-corrected chi connectivity index (χ0v) is 19.2. The quantitative estimate of drug-likeness (QED) is 0.522. The molecule has 0 aromatic heterocycles. The number of methoxy groups -OCH3 is 1. The maximum absolute atomic E-state index is 12.6. The van der Waals surface area contributed by atoms with E-state index in [0.29, 0.717) is 22.9 Å². The maximum atomic E-state index is 12.6. The molecule has 3 aromatic rings. The summed E-state index contributed by atoms with van der Waals surface area (Å²) in [5.41, 5.74) is 2.98. The monoisotopic (exact) mass is 454 g/mol. The van der Waals surface area contributed by atoms with Crippen molar-refractivity contribution in [2.75, 3.05) is 17.1 Å². The molecule has 0 radical (unpaired) electrons. The van der Waals surface area contributed by atoms with E-state index in [0.717, 1.165) is 11.1 Å².